The van der Waals surface area contributed by atoms with Gasteiger partial charge in [0, 0.05) is 16.5 Å². The van der Waals surface area contributed by atoms with Gasteiger partial charge in [0.2, 0.25) is 5.91 Å². The molecule has 3 aromatic rings. The van der Waals surface area contributed by atoms with Gasteiger partial charge in [0.15, 0.2) is 5.82 Å². The topological polar surface area (TPSA) is 77.2 Å². The summed E-state index contributed by atoms with van der Waals surface area (Å²) in [6.45, 7) is 2.72. The van der Waals surface area contributed by atoms with Crippen LogP contribution in [0.5, 0.6) is 0 Å². The molecule has 0 radical (unpaired) electrons. The summed E-state index contributed by atoms with van der Waals surface area (Å²) >= 11 is 1.37. The molecule has 1 N–H and O–H groups in total. The highest BCUT2D eigenvalue weighted by atomic mass is 32.1. The first-order valence-corrected chi connectivity index (χ1v) is 9.30. The largest absolute Gasteiger partial charge is 0.376 e. The fourth-order valence-electron chi connectivity index (χ4n) is 2.91. The molecule has 28 heavy (non-hydrogen) atoms. The maximum atomic E-state index is 13.7. The molecule has 1 aliphatic heterocycles. The number of thiophene rings is 1. The monoisotopic (exact) mass is 403 g/mol. The van der Waals surface area contributed by atoms with Crippen LogP contribution in [-0.2, 0) is 22.6 Å². The molecule has 1 aromatic carbocycles. The second-order valence-corrected chi connectivity index (χ2v) is 7.25. The fraction of sp³-hybridized carbons (Fsp3) is 0.211. The Morgan fingerprint density at radius 2 is 2.21 bits per heavy atom. The fourth-order valence-corrected chi connectivity index (χ4v) is 4.09. The summed E-state index contributed by atoms with van der Waals surface area (Å²) in [5.41, 5.74) is 1.68. The molecule has 0 saturated heterocycles. The van der Waals surface area contributed by atoms with Gasteiger partial charge < -0.3 is 14.6 Å². The van der Waals surface area contributed by atoms with Crippen molar-refractivity contribution in [3.05, 3.63) is 57.7 Å². The number of anilines is 1. The summed E-state index contributed by atoms with van der Waals surface area (Å²) in [4.78, 5) is 17.6. The molecule has 0 spiro atoms. The van der Waals surface area contributed by atoms with Gasteiger partial charge in [-0.05, 0) is 43.2 Å². The third-order valence-electron chi connectivity index (χ3n) is 4.17. The molecule has 0 atom stereocenters. The van der Waals surface area contributed by atoms with Crippen LogP contribution in [0.3, 0.4) is 0 Å². The maximum Gasteiger partial charge on any atom is 0.261 e. The first-order chi connectivity index (χ1) is 13.5. The number of aromatic nitrogens is 2. The summed E-state index contributed by atoms with van der Waals surface area (Å²) in [7, 11) is 0. The van der Waals surface area contributed by atoms with Crippen LogP contribution in [0.15, 0.2) is 28.8 Å². The average Bonchev–Trinajstić information content (AvgIpc) is 3.25. The van der Waals surface area contributed by atoms with Crippen molar-refractivity contribution in [2.24, 2.45) is 0 Å². The normalized spacial score (nSPS) is 13.7. The van der Waals surface area contributed by atoms with Crippen LogP contribution < -0.4 is 5.32 Å². The smallest absolute Gasteiger partial charge is 0.261 e. The second kappa shape index (κ2) is 7.61. The van der Waals surface area contributed by atoms with Crippen molar-refractivity contribution in [1.29, 1.82) is 0 Å². The van der Waals surface area contributed by atoms with Crippen molar-refractivity contribution in [2.45, 2.75) is 20.0 Å². The zero-order valence-corrected chi connectivity index (χ0v) is 15.6. The molecule has 1 amide bonds. The first-order valence-electron chi connectivity index (χ1n) is 8.48. The van der Waals surface area contributed by atoms with E-state index >= 15 is 0 Å². The summed E-state index contributed by atoms with van der Waals surface area (Å²) in [6, 6.07) is 3.05. The van der Waals surface area contributed by atoms with E-state index in [4.69, 9.17) is 9.26 Å². The molecule has 4 rings (SSSR count). The number of hydrogen-bond donors (Lipinski definition) is 1. The van der Waals surface area contributed by atoms with Gasteiger partial charge in [0.25, 0.3) is 5.89 Å². The van der Waals surface area contributed by atoms with E-state index < -0.39 is 17.5 Å². The quantitative estimate of drug-likeness (QED) is 0.664. The summed E-state index contributed by atoms with van der Waals surface area (Å²) < 4.78 is 37.7. The number of nitrogens with one attached hydrogen (secondary N) is 1. The van der Waals surface area contributed by atoms with Gasteiger partial charge in [-0.15, -0.1) is 11.3 Å². The minimum atomic E-state index is -0.615. The van der Waals surface area contributed by atoms with Crippen molar-refractivity contribution < 1.29 is 22.8 Å². The maximum absolute atomic E-state index is 13.7. The van der Waals surface area contributed by atoms with Gasteiger partial charge in [-0.3, -0.25) is 4.79 Å². The van der Waals surface area contributed by atoms with Crippen molar-refractivity contribution in [3.8, 4) is 11.5 Å². The van der Waals surface area contributed by atoms with E-state index in [1.165, 1.54) is 17.4 Å². The van der Waals surface area contributed by atoms with E-state index in [0.29, 0.717) is 41.9 Å². The van der Waals surface area contributed by atoms with Gasteiger partial charge in [0.05, 0.1) is 18.8 Å². The van der Waals surface area contributed by atoms with Gasteiger partial charge >= 0.3 is 0 Å². The molecule has 1 aliphatic rings. The number of amides is 1. The summed E-state index contributed by atoms with van der Waals surface area (Å²) in [5.74, 6) is -0.869. The molecule has 9 heteroatoms. The lowest BCUT2D eigenvalue weighted by Gasteiger charge is -2.12. The molecule has 2 aromatic heterocycles. The number of benzene rings is 1. The average molecular weight is 403 g/mol. The van der Waals surface area contributed by atoms with E-state index in [0.717, 1.165) is 34.7 Å². The zero-order valence-electron chi connectivity index (χ0n) is 14.8. The van der Waals surface area contributed by atoms with E-state index in [1.54, 1.807) is 6.92 Å². The number of nitrogens with zero attached hydrogens (tertiary/aromatic N) is 2. The first kappa shape index (κ1) is 18.5. The van der Waals surface area contributed by atoms with Crippen LogP contribution in [0.1, 0.15) is 21.8 Å². The Morgan fingerprint density at radius 3 is 3.00 bits per heavy atom. The second-order valence-electron chi connectivity index (χ2n) is 6.15. The Morgan fingerprint density at radius 1 is 1.36 bits per heavy atom. The van der Waals surface area contributed by atoms with Crippen LogP contribution in [0.2, 0.25) is 0 Å². The lowest BCUT2D eigenvalue weighted by Crippen LogP contribution is -2.09. The Balaban J connectivity index is 1.62. The standard InChI is InChI=1S/C19H15F2N3O3S/c1-10-22-18(27-24-10)17-13-6-7-26-9-15(13)28-19(17)23-16(25)5-2-11-8-12(20)3-4-14(11)21/h2-5,8H,6-7,9H2,1H3,(H,23,25). The summed E-state index contributed by atoms with van der Waals surface area (Å²) in [6.07, 6.45) is 3.04. The number of ether oxygens (including phenoxy) is 1. The minimum Gasteiger partial charge on any atom is -0.376 e. The van der Waals surface area contributed by atoms with Crippen LogP contribution in [-0.4, -0.2) is 22.7 Å². The molecule has 6 nitrogen and oxygen atoms in total. The molecule has 0 fully saturated rings. The van der Waals surface area contributed by atoms with E-state index in [-0.39, 0.29) is 5.56 Å². The van der Waals surface area contributed by atoms with Gasteiger partial charge in [-0.2, -0.15) is 4.98 Å². The third-order valence-corrected chi connectivity index (χ3v) is 5.29. The Bertz CT molecular complexity index is 1070. The number of fused-ring (bicyclic) bond motifs is 1. The van der Waals surface area contributed by atoms with Crippen LogP contribution in [0.4, 0.5) is 13.8 Å². The molecular formula is C19H15F2N3O3S. The number of halogens is 2. The van der Waals surface area contributed by atoms with Crippen molar-refractivity contribution in [2.75, 3.05) is 11.9 Å². The number of rotatable bonds is 4. The molecule has 0 unspecified atom stereocenters. The van der Waals surface area contributed by atoms with Crippen molar-refractivity contribution in [3.63, 3.8) is 0 Å². The highest BCUT2D eigenvalue weighted by Crippen LogP contribution is 2.42. The van der Waals surface area contributed by atoms with Crippen LogP contribution in [0, 0.1) is 18.6 Å². The number of hydrogen-bond acceptors (Lipinski definition) is 6. The highest BCUT2D eigenvalue weighted by Gasteiger charge is 2.26. The molecule has 0 aliphatic carbocycles. The highest BCUT2D eigenvalue weighted by molar-refractivity contribution is 7.17. The Kier molecular flexibility index (Phi) is 5.01. The Labute approximate surface area is 162 Å². The minimum absolute atomic E-state index is 0.0122. The predicted octanol–water partition coefficient (Wildman–Crippen LogP) is 4.11. The molecule has 0 saturated carbocycles. The lowest BCUT2D eigenvalue weighted by molar-refractivity contribution is -0.111. The van der Waals surface area contributed by atoms with Crippen LogP contribution >= 0.6 is 11.3 Å². The van der Waals surface area contributed by atoms with Crippen LogP contribution in [0.25, 0.3) is 17.5 Å². The number of aryl methyl sites for hydroxylation is 1. The SMILES string of the molecule is Cc1noc(-c2c(NC(=O)C=Cc3cc(F)ccc3F)sc3c2CCOC3)n1. The lowest BCUT2D eigenvalue weighted by atomic mass is 10.1. The zero-order chi connectivity index (χ0) is 19.7. The summed E-state index contributed by atoms with van der Waals surface area (Å²) in [5, 5.41) is 7.14. The third kappa shape index (κ3) is 3.71. The van der Waals surface area contributed by atoms with Crippen molar-refractivity contribution >= 4 is 28.3 Å². The van der Waals surface area contributed by atoms with E-state index in [2.05, 4.69) is 15.5 Å². The molecular weight excluding hydrogens is 388 g/mol. The van der Waals surface area contributed by atoms with Gasteiger partial charge in [-0.25, -0.2) is 8.78 Å². The number of carbonyl (C=O) groups is 1. The Hall–Kier alpha value is -2.91. The van der Waals surface area contributed by atoms with E-state index in [9.17, 15) is 13.6 Å². The molecule has 3 heterocycles. The van der Waals surface area contributed by atoms with E-state index in [1.807, 2.05) is 0 Å². The predicted molar refractivity (Wildman–Crippen MR) is 99.7 cm³/mol. The molecule has 0 bridgehead atoms. The van der Waals surface area contributed by atoms with Crippen molar-refractivity contribution in [1.82, 2.24) is 10.1 Å². The number of carbonyl (C=O) groups excluding carboxylic acids is 1. The molecule has 144 valence electrons. The van der Waals surface area contributed by atoms with Gasteiger partial charge in [0.1, 0.15) is 16.6 Å². The van der Waals surface area contributed by atoms with Gasteiger partial charge in [-0.1, -0.05) is 5.16 Å².